The molecule has 3 nitrogen and oxygen atoms in total. The van der Waals surface area contributed by atoms with Crippen molar-refractivity contribution in [3.63, 3.8) is 0 Å². The van der Waals surface area contributed by atoms with E-state index in [4.69, 9.17) is 4.84 Å². The highest BCUT2D eigenvalue weighted by atomic mass is 16.7. The maximum atomic E-state index is 11.4. The van der Waals surface area contributed by atoms with Gasteiger partial charge < -0.3 is 4.84 Å². The van der Waals surface area contributed by atoms with Crippen LogP contribution in [0, 0.1) is 0 Å². The average Bonchev–Trinajstić information content (AvgIpc) is 2.26. The maximum Gasteiger partial charge on any atom is 0.283 e. The minimum atomic E-state index is -0.244. The van der Waals surface area contributed by atoms with E-state index in [1.807, 2.05) is 13.0 Å². The van der Waals surface area contributed by atoms with E-state index >= 15 is 0 Å². The lowest BCUT2D eigenvalue weighted by atomic mass is 10.2. The van der Waals surface area contributed by atoms with Crippen LogP contribution < -0.4 is 5.48 Å². The molecule has 0 bridgehead atoms. The van der Waals surface area contributed by atoms with E-state index in [9.17, 15) is 4.79 Å². The Balaban J connectivity index is 2.52. The van der Waals surface area contributed by atoms with Crippen LogP contribution in [-0.2, 0) is 4.84 Å². The monoisotopic (exact) mass is 191 g/mol. The Morgan fingerprint density at radius 1 is 1.36 bits per heavy atom. The van der Waals surface area contributed by atoms with Crippen LogP contribution >= 0.6 is 0 Å². The van der Waals surface area contributed by atoms with Crippen molar-refractivity contribution in [2.45, 2.75) is 13.8 Å². The predicted molar refractivity (Wildman–Crippen MR) is 54.4 cm³/mol. The van der Waals surface area contributed by atoms with E-state index in [1.165, 1.54) is 0 Å². The molecule has 3 heteroatoms. The van der Waals surface area contributed by atoms with Gasteiger partial charge in [-0.1, -0.05) is 18.2 Å². The van der Waals surface area contributed by atoms with Crippen LogP contribution in [0.3, 0.4) is 0 Å². The van der Waals surface area contributed by atoms with E-state index in [0.717, 1.165) is 0 Å². The van der Waals surface area contributed by atoms with Crippen LogP contribution in [0.15, 0.2) is 42.2 Å². The molecule has 0 saturated heterocycles. The first-order valence-electron chi connectivity index (χ1n) is 4.39. The molecule has 0 aliphatic heterocycles. The van der Waals surface area contributed by atoms with Gasteiger partial charge >= 0.3 is 0 Å². The molecule has 1 aromatic carbocycles. The molecule has 0 radical (unpaired) electrons. The van der Waals surface area contributed by atoms with Crippen molar-refractivity contribution >= 4 is 5.91 Å². The van der Waals surface area contributed by atoms with Gasteiger partial charge in [0.2, 0.25) is 0 Å². The number of hydroxylamine groups is 1. The number of allylic oxidation sites excluding steroid dienone is 2. The molecule has 0 heterocycles. The van der Waals surface area contributed by atoms with E-state index in [-0.39, 0.29) is 5.91 Å². The number of hydrogen-bond donors (Lipinski definition) is 1. The van der Waals surface area contributed by atoms with Gasteiger partial charge in [0, 0.05) is 5.56 Å². The number of rotatable bonds is 3. The number of hydrogen-bond acceptors (Lipinski definition) is 2. The summed E-state index contributed by atoms with van der Waals surface area (Å²) in [4.78, 5) is 16.4. The fraction of sp³-hybridized carbons (Fsp3) is 0.182. The molecular weight excluding hydrogens is 178 g/mol. The molecule has 1 rings (SSSR count). The smallest absolute Gasteiger partial charge is 0.283 e. The molecular formula is C11H13NO2. The summed E-state index contributed by atoms with van der Waals surface area (Å²) < 4.78 is 0. The molecule has 14 heavy (non-hydrogen) atoms. The first kappa shape index (κ1) is 10.3. The molecule has 0 spiro atoms. The summed E-state index contributed by atoms with van der Waals surface area (Å²) in [6.07, 6.45) is 1.77. The minimum absolute atomic E-state index is 0.244. The summed E-state index contributed by atoms with van der Waals surface area (Å²) in [5.74, 6) is 0.418. The summed E-state index contributed by atoms with van der Waals surface area (Å²) in [5, 5.41) is 0. The molecule has 1 amide bonds. The SMILES string of the molecule is C/C=C(\C)ONC(=O)c1ccccc1. The van der Waals surface area contributed by atoms with Crippen LogP contribution in [0.25, 0.3) is 0 Å². The normalized spacial score (nSPS) is 10.9. The second-order valence-corrected chi connectivity index (χ2v) is 2.80. The number of carbonyl (C=O) groups excluding carboxylic acids is 1. The molecule has 0 atom stereocenters. The molecule has 0 aromatic heterocycles. The third-order valence-electron chi connectivity index (χ3n) is 1.75. The maximum absolute atomic E-state index is 11.4. The van der Waals surface area contributed by atoms with Crippen molar-refractivity contribution in [3.8, 4) is 0 Å². The lowest BCUT2D eigenvalue weighted by molar-refractivity contribution is 0.0585. The van der Waals surface area contributed by atoms with Crippen LogP contribution in [0.5, 0.6) is 0 Å². The number of carbonyl (C=O) groups is 1. The fourth-order valence-corrected chi connectivity index (χ4v) is 0.834. The van der Waals surface area contributed by atoms with Crippen LogP contribution in [-0.4, -0.2) is 5.91 Å². The number of amides is 1. The third kappa shape index (κ3) is 2.94. The van der Waals surface area contributed by atoms with Crippen molar-refractivity contribution in [2.24, 2.45) is 0 Å². The highest BCUT2D eigenvalue weighted by molar-refractivity contribution is 5.93. The molecule has 0 saturated carbocycles. The Hall–Kier alpha value is -1.77. The summed E-state index contributed by atoms with van der Waals surface area (Å²) in [5.41, 5.74) is 2.92. The first-order chi connectivity index (χ1) is 6.74. The van der Waals surface area contributed by atoms with Crippen molar-refractivity contribution in [1.82, 2.24) is 5.48 Å². The number of benzene rings is 1. The quantitative estimate of drug-likeness (QED) is 0.588. The minimum Gasteiger partial charge on any atom is -0.384 e. The van der Waals surface area contributed by atoms with Gasteiger partial charge in [-0.3, -0.25) is 4.79 Å². The third-order valence-corrected chi connectivity index (χ3v) is 1.75. The van der Waals surface area contributed by atoms with Crippen molar-refractivity contribution in [3.05, 3.63) is 47.7 Å². The zero-order chi connectivity index (χ0) is 10.4. The molecule has 0 unspecified atom stereocenters. The van der Waals surface area contributed by atoms with E-state index in [1.54, 1.807) is 37.3 Å². The van der Waals surface area contributed by atoms with Gasteiger partial charge in [-0.25, -0.2) is 0 Å². The van der Waals surface area contributed by atoms with Gasteiger partial charge in [-0.05, 0) is 32.1 Å². The highest BCUT2D eigenvalue weighted by Gasteiger charge is 2.03. The van der Waals surface area contributed by atoms with Gasteiger partial charge in [0.1, 0.15) is 5.76 Å². The van der Waals surface area contributed by atoms with Gasteiger partial charge in [-0.2, -0.15) is 5.48 Å². The van der Waals surface area contributed by atoms with Crippen LogP contribution in [0.1, 0.15) is 24.2 Å². The molecule has 1 aromatic rings. The van der Waals surface area contributed by atoms with Crippen molar-refractivity contribution in [2.75, 3.05) is 0 Å². The molecule has 0 fully saturated rings. The standard InChI is InChI=1S/C11H13NO2/c1-3-9(2)14-12-11(13)10-7-5-4-6-8-10/h3-8H,1-2H3,(H,12,13)/b9-3+. The number of nitrogens with one attached hydrogen (secondary N) is 1. The lowest BCUT2D eigenvalue weighted by Crippen LogP contribution is -2.22. The highest BCUT2D eigenvalue weighted by Crippen LogP contribution is 1.99. The molecule has 1 N–H and O–H groups in total. The topological polar surface area (TPSA) is 38.3 Å². The van der Waals surface area contributed by atoms with E-state index < -0.39 is 0 Å². The van der Waals surface area contributed by atoms with E-state index in [0.29, 0.717) is 11.3 Å². The lowest BCUT2D eigenvalue weighted by Gasteiger charge is -2.06. The molecule has 74 valence electrons. The zero-order valence-corrected chi connectivity index (χ0v) is 8.28. The van der Waals surface area contributed by atoms with Gasteiger partial charge in [0.15, 0.2) is 0 Å². The first-order valence-corrected chi connectivity index (χ1v) is 4.39. The van der Waals surface area contributed by atoms with Gasteiger partial charge in [0.25, 0.3) is 5.91 Å². The largest absolute Gasteiger partial charge is 0.384 e. The Morgan fingerprint density at radius 2 is 2.00 bits per heavy atom. The summed E-state index contributed by atoms with van der Waals surface area (Å²) in [7, 11) is 0. The second kappa shape index (κ2) is 5.07. The predicted octanol–water partition coefficient (Wildman–Crippen LogP) is 2.27. The van der Waals surface area contributed by atoms with Crippen LogP contribution in [0.4, 0.5) is 0 Å². The zero-order valence-electron chi connectivity index (χ0n) is 8.28. The van der Waals surface area contributed by atoms with Crippen molar-refractivity contribution in [1.29, 1.82) is 0 Å². The second-order valence-electron chi connectivity index (χ2n) is 2.80. The fourth-order valence-electron chi connectivity index (χ4n) is 0.834. The average molecular weight is 191 g/mol. The Bertz CT molecular complexity index is 330. The summed E-state index contributed by atoms with van der Waals surface area (Å²) in [6.45, 7) is 3.61. The van der Waals surface area contributed by atoms with Crippen LogP contribution in [0.2, 0.25) is 0 Å². The molecule has 0 aliphatic carbocycles. The van der Waals surface area contributed by atoms with Crippen molar-refractivity contribution < 1.29 is 9.63 Å². The van der Waals surface area contributed by atoms with Gasteiger partial charge in [-0.15, -0.1) is 0 Å². The Kier molecular flexibility index (Phi) is 3.73. The Labute approximate surface area is 83.3 Å². The molecule has 0 aliphatic rings. The van der Waals surface area contributed by atoms with Gasteiger partial charge in [0.05, 0.1) is 0 Å². The summed E-state index contributed by atoms with van der Waals surface area (Å²) >= 11 is 0. The Morgan fingerprint density at radius 3 is 2.57 bits per heavy atom. The summed E-state index contributed by atoms with van der Waals surface area (Å²) in [6, 6.07) is 8.91. The van der Waals surface area contributed by atoms with E-state index in [2.05, 4.69) is 5.48 Å².